The van der Waals surface area contributed by atoms with Gasteiger partial charge in [-0.15, -0.1) is 0 Å². The summed E-state index contributed by atoms with van der Waals surface area (Å²) in [6.07, 6.45) is 8.48. The number of hydrogen-bond donors (Lipinski definition) is 0. The Bertz CT molecular complexity index is 1030. The first kappa shape index (κ1) is 24.3. The van der Waals surface area contributed by atoms with E-state index < -0.39 is 0 Å². The summed E-state index contributed by atoms with van der Waals surface area (Å²) in [6.45, 7) is 3.66. The highest BCUT2D eigenvalue weighted by atomic mass is 16.5. The van der Waals surface area contributed by atoms with Crippen LogP contribution >= 0.6 is 0 Å². The molecule has 3 aliphatic rings. The molecular formula is C30H41N3O2. The van der Waals surface area contributed by atoms with Crippen LogP contribution in [0, 0.1) is 6.92 Å². The first-order chi connectivity index (χ1) is 16.8. The van der Waals surface area contributed by atoms with Crippen LogP contribution in [0.3, 0.4) is 0 Å². The van der Waals surface area contributed by atoms with Crippen LogP contribution in [0.1, 0.15) is 62.5 Å². The molecular weight excluding hydrogens is 434 g/mol. The van der Waals surface area contributed by atoms with Crippen molar-refractivity contribution in [1.29, 1.82) is 0 Å². The van der Waals surface area contributed by atoms with Gasteiger partial charge in [0.15, 0.2) is 0 Å². The Morgan fingerprint density at radius 3 is 2.14 bits per heavy atom. The number of ether oxygens (including phenoxy) is 1. The van der Waals surface area contributed by atoms with Crippen molar-refractivity contribution in [3.05, 3.63) is 65.7 Å². The van der Waals surface area contributed by atoms with Gasteiger partial charge in [0.05, 0.1) is 17.7 Å². The fourth-order valence-corrected chi connectivity index (χ4v) is 6.93. The quantitative estimate of drug-likeness (QED) is 0.495. The average molecular weight is 476 g/mol. The summed E-state index contributed by atoms with van der Waals surface area (Å²) in [4.78, 5) is 20.7. The molecule has 0 unspecified atom stereocenters. The molecule has 5 nitrogen and oxygen atoms in total. The number of hydrogen-bond acceptors (Lipinski definition) is 3. The molecule has 35 heavy (non-hydrogen) atoms. The molecule has 5 heteroatoms. The molecule has 0 atom stereocenters. The lowest BCUT2D eigenvalue weighted by Gasteiger charge is -2.51. The Labute approximate surface area is 211 Å². The van der Waals surface area contributed by atoms with Gasteiger partial charge in [-0.3, -0.25) is 9.80 Å². The van der Waals surface area contributed by atoms with Gasteiger partial charge >= 0.3 is 6.03 Å². The van der Waals surface area contributed by atoms with Crippen LogP contribution in [-0.2, 0) is 10.3 Å². The lowest BCUT2D eigenvalue weighted by atomic mass is 9.68. The van der Waals surface area contributed by atoms with Gasteiger partial charge in [0, 0.05) is 24.9 Å². The first-order valence-corrected chi connectivity index (χ1v) is 13.3. The molecule has 1 heterocycles. The molecule has 2 saturated carbocycles. The largest absolute Gasteiger partial charge is 0.378 e. The second-order valence-corrected chi connectivity index (χ2v) is 11.3. The molecule has 0 radical (unpaired) electrons. The Balaban J connectivity index is 1.45. The van der Waals surface area contributed by atoms with Crippen LogP contribution in [0.15, 0.2) is 54.6 Å². The summed E-state index contributed by atoms with van der Waals surface area (Å²) in [5.74, 6) is 0. The van der Waals surface area contributed by atoms with Gasteiger partial charge in [0.25, 0.3) is 0 Å². The molecule has 2 aliphatic carbocycles. The van der Waals surface area contributed by atoms with Crippen LogP contribution in [0.2, 0.25) is 0 Å². The van der Waals surface area contributed by atoms with Gasteiger partial charge in [-0.25, -0.2) is 4.79 Å². The Kier molecular flexibility index (Phi) is 6.43. The number of aryl methyl sites for hydroxylation is 1. The molecule has 3 fully saturated rings. The predicted molar refractivity (Wildman–Crippen MR) is 142 cm³/mol. The average Bonchev–Trinajstić information content (AvgIpc) is 3.11. The standard InChI is InChI=1S/C30H41N3O2/c1-24-11-8-9-14-26(24)32-23-28(33(27(32)34)22-21-29(35-4)15-10-16-29)17-19-30(20-18-28,31(2)3)25-12-6-5-7-13-25/h5-9,11-14H,10,15-23H2,1-4H3/t28-,30+. The number of para-hydroxylation sites is 1. The van der Waals surface area contributed by atoms with Gasteiger partial charge in [0.1, 0.15) is 0 Å². The fourth-order valence-electron chi connectivity index (χ4n) is 6.93. The third-order valence-electron chi connectivity index (χ3n) is 9.56. The highest BCUT2D eigenvalue weighted by Gasteiger charge is 2.55. The topological polar surface area (TPSA) is 36.0 Å². The second-order valence-electron chi connectivity index (χ2n) is 11.3. The highest BCUT2D eigenvalue weighted by molar-refractivity contribution is 5.96. The van der Waals surface area contributed by atoms with E-state index in [-0.39, 0.29) is 22.7 Å². The van der Waals surface area contributed by atoms with E-state index in [9.17, 15) is 4.79 Å². The number of methoxy groups -OCH3 is 1. The van der Waals surface area contributed by atoms with Crippen molar-refractivity contribution in [2.45, 2.75) is 75.0 Å². The maximum Gasteiger partial charge on any atom is 0.325 e. The van der Waals surface area contributed by atoms with Gasteiger partial charge in [-0.05, 0) is 89.6 Å². The number of amides is 2. The zero-order valence-electron chi connectivity index (χ0n) is 21.9. The van der Waals surface area contributed by atoms with Crippen molar-refractivity contribution in [3.8, 4) is 0 Å². The number of benzene rings is 2. The van der Waals surface area contributed by atoms with Crippen molar-refractivity contribution < 1.29 is 9.53 Å². The van der Waals surface area contributed by atoms with Crippen LogP contribution in [-0.4, -0.2) is 61.3 Å². The van der Waals surface area contributed by atoms with Crippen LogP contribution in [0.25, 0.3) is 0 Å². The molecule has 0 bridgehead atoms. The first-order valence-electron chi connectivity index (χ1n) is 13.3. The monoisotopic (exact) mass is 475 g/mol. The van der Waals surface area contributed by atoms with Crippen molar-refractivity contribution in [3.63, 3.8) is 0 Å². The summed E-state index contributed by atoms with van der Waals surface area (Å²) in [7, 11) is 6.26. The molecule has 1 aliphatic heterocycles. The normalized spacial score (nSPS) is 28.1. The van der Waals surface area contributed by atoms with Crippen molar-refractivity contribution in [2.75, 3.05) is 39.2 Å². The molecule has 5 rings (SSSR count). The van der Waals surface area contributed by atoms with Crippen molar-refractivity contribution >= 4 is 11.7 Å². The zero-order valence-corrected chi connectivity index (χ0v) is 21.9. The van der Waals surface area contributed by atoms with Crippen LogP contribution in [0.5, 0.6) is 0 Å². The molecule has 0 aromatic heterocycles. The van der Waals surface area contributed by atoms with Crippen LogP contribution < -0.4 is 4.90 Å². The molecule has 1 saturated heterocycles. The van der Waals surface area contributed by atoms with Crippen LogP contribution in [0.4, 0.5) is 10.5 Å². The molecule has 1 spiro atoms. The molecule has 2 aromatic rings. The van der Waals surface area contributed by atoms with E-state index in [0.717, 1.165) is 69.3 Å². The third kappa shape index (κ3) is 4.07. The molecule has 0 N–H and O–H groups in total. The molecule has 2 amide bonds. The summed E-state index contributed by atoms with van der Waals surface area (Å²) < 4.78 is 5.94. The van der Waals surface area contributed by atoms with E-state index in [2.05, 4.69) is 84.2 Å². The zero-order chi connectivity index (χ0) is 24.7. The summed E-state index contributed by atoms with van der Waals surface area (Å²) in [5.41, 5.74) is 3.44. The molecule has 2 aromatic carbocycles. The van der Waals surface area contributed by atoms with E-state index >= 15 is 0 Å². The number of nitrogens with zero attached hydrogens (tertiary/aromatic N) is 3. The van der Waals surface area contributed by atoms with Crippen molar-refractivity contribution in [1.82, 2.24) is 9.80 Å². The number of rotatable bonds is 7. The Hall–Kier alpha value is -2.37. The Morgan fingerprint density at radius 1 is 0.914 bits per heavy atom. The second kappa shape index (κ2) is 9.25. The SMILES string of the molecule is COC1(CCN2C(=O)N(c3ccccc3C)C[C@]23CC[C@](c2ccccc2)(N(C)C)CC3)CCC1. The maximum absolute atomic E-state index is 14.0. The van der Waals surface area contributed by atoms with E-state index in [0.29, 0.717) is 0 Å². The lowest BCUT2D eigenvalue weighted by Crippen LogP contribution is -2.56. The van der Waals surface area contributed by atoms with Gasteiger partial charge < -0.3 is 9.64 Å². The smallest absolute Gasteiger partial charge is 0.325 e. The minimum atomic E-state index is -0.133. The van der Waals surface area contributed by atoms with E-state index in [1.54, 1.807) is 0 Å². The van der Waals surface area contributed by atoms with Gasteiger partial charge in [0.2, 0.25) is 0 Å². The number of anilines is 1. The summed E-state index contributed by atoms with van der Waals surface area (Å²) >= 11 is 0. The fraction of sp³-hybridized carbons (Fsp3) is 0.567. The van der Waals surface area contributed by atoms with Gasteiger partial charge in [-0.2, -0.15) is 0 Å². The van der Waals surface area contributed by atoms with Crippen molar-refractivity contribution in [2.24, 2.45) is 0 Å². The summed E-state index contributed by atoms with van der Waals surface area (Å²) in [6, 6.07) is 19.4. The van der Waals surface area contributed by atoms with E-state index in [1.807, 2.05) is 13.2 Å². The summed E-state index contributed by atoms with van der Waals surface area (Å²) in [5, 5.41) is 0. The van der Waals surface area contributed by atoms with E-state index in [1.165, 1.54) is 12.0 Å². The maximum atomic E-state index is 14.0. The Morgan fingerprint density at radius 2 is 1.57 bits per heavy atom. The number of carbonyl (C=O) groups excluding carboxylic acids is 1. The van der Waals surface area contributed by atoms with Gasteiger partial charge in [-0.1, -0.05) is 48.5 Å². The lowest BCUT2D eigenvalue weighted by molar-refractivity contribution is -0.0844. The molecule has 188 valence electrons. The predicted octanol–water partition coefficient (Wildman–Crippen LogP) is 5.97. The van der Waals surface area contributed by atoms with E-state index in [4.69, 9.17) is 4.74 Å². The highest BCUT2D eigenvalue weighted by Crippen LogP contribution is 2.50. The number of urea groups is 1. The minimum Gasteiger partial charge on any atom is -0.378 e. The minimum absolute atomic E-state index is 0.0129. The number of carbonyl (C=O) groups is 1. The third-order valence-corrected chi connectivity index (χ3v) is 9.56.